The molecule has 0 aromatic heterocycles. The Morgan fingerprint density at radius 3 is 2.34 bits per heavy atom. The summed E-state index contributed by atoms with van der Waals surface area (Å²) in [6, 6.07) is 14.4. The zero-order valence-electron chi connectivity index (χ0n) is 18.7. The lowest BCUT2D eigenvalue weighted by Gasteiger charge is -2.22. The summed E-state index contributed by atoms with van der Waals surface area (Å²) in [4.78, 5) is 40.2. The van der Waals surface area contributed by atoms with Gasteiger partial charge >= 0.3 is 5.97 Å². The SMILES string of the molecule is CCCc1ccc(OCC(=O)N2CCCN(C(=O)c3cccc(OC(C)=O)c3)CC2)cc1. The molecule has 2 amide bonds. The van der Waals surface area contributed by atoms with Crippen LogP contribution >= 0.6 is 0 Å². The third-order valence-corrected chi connectivity index (χ3v) is 5.30. The zero-order valence-corrected chi connectivity index (χ0v) is 18.7. The molecule has 1 aliphatic heterocycles. The van der Waals surface area contributed by atoms with E-state index in [4.69, 9.17) is 9.47 Å². The summed E-state index contributed by atoms with van der Waals surface area (Å²) >= 11 is 0. The number of benzene rings is 2. The summed E-state index contributed by atoms with van der Waals surface area (Å²) in [6.07, 6.45) is 2.80. The van der Waals surface area contributed by atoms with E-state index in [2.05, 4.69) is 6.92 Å². The van der Waals surface area contributed by atoms with Crippen LogP contribution in [0.1, 0.15) is 42.6 Å². The van der Waals surface area contributed by atoms with Crippen molar-refractivity contribution in [3.8, 4) is 11.5 Å². The van der Waals surface area contributed by atoms with Crippen LogP contribution in [0.25, 0.3) is 0 Å². The van der Waals surface area contributed by atoms with Gasteiger partial charge in [0.25, 0.3) is 11.8 Å². The highest BCUT2D eigenvalue weighted by atomic mass is 16.5. The summed E-state index contributed by atoms with van der Waals surface area (Å²) in [7, 11) is 0. The molecule has 0 radical (unpaired) electrons. The lowest BCUT2D eigenvalue weighted by molar-refractivity contribution is -0.133. The van der Waals surface area contributed by atoms with Crippen LogP contribution in [0.4, 0.5) is 0 Å². The van der Waals surface area contributed by atoms with Gasteiger partial charge in [-0.1, -0.05) is 31.5 Å². The van der Waals surface area contributed by atoms with Crippen molar-refractivity contribution in [3.05, 3.63) is 59.7 Å². The number of carbonyl (C=O) groups is 3. The zero-order chi connectivity index (χ0) is 22.9. The molecule has 7 nitrogen and oxygen atoms in total. The van der Waals surface area contributed by atoms with Gasteiger partial charge in [0.05, 0.1) is 0 Å². The molecule has 2 aromatic rings. The highest BCUT2D eigenvalue weighted by molar-refractivity contribution is 5.94. The second kappa shape index (κ2) is 11.3. The normalized spacial score (nSPS) is 13.9. The second-order valence-corrected chi connectivity index (χ2v) is 7.83. The number of carbonyl (C=O) groups excluding carboxylic acids is 3. The summed E-state index contributed by atoms with van der Waals surface area (Å²) in [5.41, 5.74) is 1.71. The van der Waals surface area contributed by atoms with Crippen LogP contribution in [0.2, 0.25) is 0 Å². The Bertz CT molecular complexity index is 942. The smallest absolute Gasteiger partial charge is 0.308 e. The third kappa shape index (κ3) is 6.57. The summed E-state index contributed by atoms with van der Waals surface area (Å²) in [6.45, 7) is 5.46. The Morgan fingerprint density at radius 2 is 1.62 bits per heavy atom. The van der Waals surface area contributed by atoms with Crippen LogP contribution in [-0.2, 0) is 16.0 Å². The molecule has 0 spiro atoms. The van der Waals surface area contributed by atoms with Gasteiger partial charge in [-0.3, -0.25) is 14.4 Å². The van der Waals surface area contributed by atoms with Gasteiger partial charge in [0.2, 0.25) is 0 Å². The molecule has 0 bridgehead atoms. The largest absolute Gasteiger partial charge is 0.484 e. The molecule has 7 heteroatoms. The van der Waals surface area contributed by atoms with Gasteiger partial charge in [0.15, 0.2) is 6.61 Å². The van der Waals surface area contributed by atoms with Crippen LogP contribution in [0, 0.1) is 0 Å². The predicted molar refractivity (Wildman–Crippen MR) is 121 cm³/mol. The van der Waals surface area contributed by atoms with Crippen molar-refractivity contribution in [1.29, 1.82) is 0 Å². The minimum absolute atomic E-state index is 0.0223. The molecule has 2 aromatic carbocycles. The van der Waals surface area contributed by atoms with Gasteiger partial charge < -0.3 is 19.3 Å². The fourth-order valence-electron chi connectivity index (χ4n) is 3.69. The fraction of sp³-hybridized carbons (Fsp3) is 0.400. The number of rotatable bonds is 7. The van der Waals surface area contributed by atoms with E-state index >= 15 is 0 Å². The minimum Gasteiger partial charge on any atom is -0.484 e. The number of esters is 1. The monoisotopic (exact) mass is 438 g/mol. The van der Waals surface area contributed by atoms with E-state index in [0.29, 0.717) is 49.7 Å². The topological polar surface area (TPSA) is 76.2 Å². The first kappa shape index (κ1) is 23.3. The molecule has 1 aliphatic rings. The average molecular weight is 439 g/mol. The van der Waals surface area contributed by atoms with Crippen molar-refractivity contribution in [2.75, 3.05) is 32.8 Å². The van der Waals surface area contributed by atoms with Gasteiger partial charge in [-0.2, -0.15) is 0 Å². The Kier molecular flexibility index (Phi) is 8.25. The standard InChI is InChI=1S/C25H30N2O5/c1-3-6-20-9-11-22(12-10-20)31-18-24(29)26-13-5-14-27(16-15-26)25(30)21-7-4-8-23(17-21)32-19(2)28/h4,7-12,17H,3,5-6,13-16,18H2,1-2H3. The van der Waals surface area contributed by atoms with Crippen molar-refractivity contribution in [2.24, 2.45) is 0 Å². The number of ether oxygens (including phenoxy) is 2. The lowest BCUT2D eigenvalue weighted by atomic mass is 10.1. The summed E-state index contributed by atoms with van der Waals surface area (Å²) in [5, 5.41) is 0. The highest BCUT2D eigenvalue weighted by Crippen LogP contribution is 2.17. The average Bonchev–Trinajstić information content (AvgIpc) is 3.04. The Morgan fingerprint density at radius 1 is 0.906 bits per heavy atom. The minimum atomic E-state index is -0.433. The number of aryl methyl sites for hydroxylation is 1. The van der Waals surface area contributed by atoms with Crippen molar-refractivity contribution in [1.82, 2.24) is 9.80 Å². The van der Waals surface area contributed by atoms with E-state index < -0.39 is 5.97 Å². The van der Waals surface area contributed by atoms with Crippen LogP contribution in [0.5, 0.6) is 11.5 Å². The second-order valence-electron chi connectivity index (χ2n) is 7.83. The van der Waals surface area contributed by atoms with Crippen molar-refractivity contribution < 1.29 is 23.9 Å². The Labute approximate surface area is 188 Å². The van der Waals surface area contributed by atoms with Crippen LogP contribution in [-0.4, -0.2) is 60.4 Å². The number of amides is 2. The molecule has 1 saturated heterocycles. The third-order valence-electron chi connectivity index (χ3n) is 5.30. The molecule has 0 saturated carbocycles. The van der Waals surface area contributed by atoms with E-state index in [1.807, 2.05) is 24.3 Å². The fourth-order valence-corrected chi connectivity index (χ4v) is 3.69. The van der Waals surface area contributed by atoms with Crippen molar-refractivity contribution in [3.63, 3.8) is 0 Å². The molecule has 32 heavy (non-hydrogen) atoms. The lowest BCUT2D eigenvalue weighted by Crippen LogP contribution is -2.39. The van der Waals surface area contributed by atoms with Crippen LogP contribution in [0.3, 0.4) is 0 Å². The maximum atomic E-state index is 12.9. The highest BCUT2D eigenvalue weighted by Gasteiger charge is 2.23. The first-order valence-corrected chi connectivity index (χ1v) is 11.0. The summed E-state index contributed by atoms with van der Waals surface area (Å²) < 4.78 is 10.7. The van der Waals surface area contributed by atoms with E-state index in [-0.39, 0.29) is 18.4 Å². The Hall–Kier alpha value is -3.35. The number of hydrogen-bond acceptors (Lipinski definition) is 5. The molecule has 0 unspecified atom stereocenters. The predicted octanol–water partition coefficient (Wildman–Crippen LogP) is 3.32. The maximum absolute atomic E-state index is 12.9. The van der Waals surface area contributed by atoms with Gasteiger partial charge in [0, 0.05) is 38.7 Å². The molecular formula is C25H30N2O5. The van der Waals surface area contributed by atoms with Crippen LogP contribution < -0.4 is 9.47 Å². The van der Waals surface area contributed by atoms with E-state index in [9.17, 15) is 14.4 Å². The van der Waals surface area contributed by atoms with E-state index in [1.165, 1.54) is 12.5 Å². The molecule has 0 N–H and O–H groups in total. The molecule has 170 valence electrons. The van der Waals surface area contributed by atoms with Gasteiger partial charge in [-0.25, -0.2) is 0 Å². The molecular weight excluding hydrogens is 408 g/mol. The van der Waals surface area contributed by atoms with Gasteiger partial charge in [0.1, 0.15) is 11.5 Å². The molecule has 0 aliphatic carbocycles. The van der Waals surface area contributed by atoms with E-state index in [0.717, 1.165) is 12.8 Å². The summed E-state index contributed by atoms with van der Waals surface area (Å²) in [5.74, 6) is 0.357. The Balaban J connectivity index is 1.52. The van der Waals surface area contributed by atoms with Crippen molar-refractivity contribution >= 4 is 17.8 Å². The van der Waals surface area contributed by atoms with Gasteiger partial charge in [-0.15, -0.1) is 0 Å². The van der Waals surface area contributed by atoms with E-state index in [1.54, 1.807) is 34.1 Å². The van der Waals surface area contributed by atoms with Crippen LogP contribution in [0.15, 0.2) is 48.5 Å². The first-order valence-electron chi connectivity index (χ1n) is 11.0. The number of nitrogens with zero attached hydrogens (tertiary/aromatic N) is 2. The molecule has 0 atom stereocenters. The number of hydrogen-bond donors (Lipinski definition) is 0. The van der Waals surface area contributed by atoms with Crippen molar-refractivity contribution in [2.45, 2.75) is 33.1 Å². The maximum Gasteiger partial charge on any atom is 0.308 e. The molecule has 1 heterocycles. The molecule has 1 fully saturated rings. The van der Waals surface area contributed by atoms with Gasteiger partial charge in [-0.05, 0) is 48.7 Å². The quantitative estimate of drug-likeness (QED) is 0.490. The molecule has 3 rings (SSSR count). The first-order chi connectivity index (χ1) is 15.5.